The highest BCUT2D eigenvalue weighted by atomic mass is 127. The van der Waals surface area contributed by atoms with Gasteiger partial charge in [-0.2, -0.15) is 0 Å². The highest BCUT2D eigenvalue weighted by Crippen LogP contribution is 2.32. The van der Waals surface area contributed by atoms with Crippen LogP contribution in [0, 0.1) is 3.57 Å². The number of anilines is 1. The predicted octanol–water partition coefficient (Wildman–Crippen LogP) is 4.06. The van der Waals surface area contributed by atoms with Crippen LogP contribution in [-0.4, -0.2) is 18.6 Å². The zero-order chi connectivity index (χ0) is 13.0. The second kappa shape index (κ2) is 6.22. The van der Waals surface area contributed by atoms with Crippen LogP contribution in [0.3, 0.4) is 0 Å². The van der Waals surface area contributed by atoms with Gasteiger partial charge in [-0.1, -0.05) is 25.5 Å². The third kappa shape index (κ3) is 2.68. The van der Waals surface area contributed by atoms with E-state index < -0.39 is 0 Å². The molecule has 18 heavy (non-hydrogen) atoms. The molecular weight excluding hydrogens is 339 g/mol. The molecule has 0 spiro atoms. The first-order valence-electron chi connectivity index (χ1n) is 6.13. The lowest BCUT2D eigenvalue weighted by Gasteiger charge is -2.12. The number of rotatable bonds is 5. The van der Waals surface area contributed by atoms with Crippen LogP contribution in [0.4, 0.5) is 5.69 Å². The summed E-state index contributed by atoms with van der Waals surface area (Å²) in [6.07, 6.45) is 4.25. The van der Waals surface area contributed by atoms with E-state index in [1.807, 2.05) is 18.3 Å². The third-order valence-corrected chi connectivity index (χ3v) is 3.68. The van der Waals surface area contributed by atoms with Crippen LogP contribution in [0.15, 0.2) is 24.4 Å². The maximum atomic E-state index is 5.36. The summed E-state index contributed by atoms with van der Waals surface area (Å²) in [5, 5.41) is 4.63. The van der Waals surface area contributed by atoms with Crippen LogP contribution in [0.1, 0.15) is 19.8 Å². The first kappa shape index (κ1) is 13.4. The lowest BCUT2D eigenvalue weighted by atomic mass is 10.1. The lowest BCUT2D eigenvalue weighted by molar-refractivity contribution is 0.419. The zero-order valence-corrected chi connectivity index (χ0v) is 12.8. The van der Waals surface area contributed by atoms with Crippen molar-refractivity contribution in [1.82, 2.24) is 4.98 Å². The molecule has 96 valence electrons. The van der Waals surface area contributed by atoms with Gasteiger partial charge in [0, 0.05) is 18.1 Å². The van der Waals surface area contributed by atoms with Gasteiger partial charge < -0.3 is 10.1 Å². The third-order valence-electron chi connectivity index (χ3n) is 2.87. The number of nitrogens with zero attached hydrogens (tertiary/aromatic N) is 1. The van der Waals surface area contributed by atoms with Crippen LogP contribution >= 0.6 is 22.6 Å². The Morgan fingerprint density at radius 1 is 1.39 bits per heavy atom. The largest absolute Gasteiger partial charge is 0.494 e. The first-order valence-corrected chi connectivity index (χ1v) is 7.21. The molecule has 0 radical (unpaired) electrons. The van der Waals surface area contributed by atoms with E-state index in [2.05, 4.69) is 45.9 Å². The van der Waals surface area contributed by atoms with E-state index in [4.69, 9.17) is 4.74 Å². The summed E-state index contributed by atoms with van der Waals surface area (Å²) in [6, 6.07) is 6.03. The molecule has 1 aromatic heterocycles. The van der Waals surface area contributed by atoms with E-state index in [0.717, 1.165) is 32.5 Å². The number of fused-ring (bicyclic) bond motifs is 1. The summed E-state index contributed by atoms with van der Waals surface area (Å²) in [4.78, 5) is 4.47. The van der Waals surface area contributed by atoms with Crippen molar-refractivity contribution in [3.8, 4) is 5.75 Å². The number of nitrogens with one attached hydrogen (secondary N) is 1. The van der Waals surface area contributed by atoms with Crippen LogP contribution < -0.4 is 10.1 Å². The number of hydrogen-bond donors (Lipinski definition) is 1. The molecule has 4 heteroatoms. The predicted molar refractivity (Wildman–Crippen MR) is 84.4 cm³/mol. The molecule has 2 aromatic rings. The fraction of sp³-hybridized carbons (Fsp3) is 0.357. The maximum Gasteiger partial charge on any atom is 0.145 e. The molecule has 1 aromatic carbocycles. The minimum absolute atomic E-state index is 0.822. The fourth-order valence-electron chi connectivity index (χ4n) is 1.91. The van der Waals surface area contributed by atoms with Crippen molar-refractivity contribution in [3.05, 3.63) is 28.0 Å². The summed E-state index contributed by atoms with van der Waals surface area (Å²) in [6.45, 7) is 3.18. The quantitative estimate of drug-likeness (QED) is 0.648. The standard InChI is InChI=1S/C14H17IN2O/c1-3-4-8-16-13-10-6-5-7-12(18-2)14(10)17-9-11(13)15/h5-7,9H,3-4,8H2,1-2H3,(H,16,17). The molecule has 1 N–H and O–H groups in total. The Bertz CT molecular complexity index is 543. The molecule has 0 aliphatic carbocycles. The molecule has 0 aliphatic heterocycles. The van der Waals surface area contributed by atoms with Crippen molar-refractivity contribution in [3.63, 3.8) is 0 Å². The number of unbranched alkanes of at least 4 members (excludes halogenated alkanes) is 1. The summed E-state index contributed by atoms with van der Waals surface area (Å²) in [5.41, 5.74) is 2.08. The monoisotopic (exact) mass is 356 g/mol. The average molecular weight is 356 g/mol. The highest BCUT2D eigenvalue weighted by molar-refractivity contribution is 14.1. The van der Waals surface area contributed by atoms with Crippen molar-refractivity contribution in [2.24, 2.45) is 0 Å². The van der Waals surface area contributed by atoms with E-state index in [1.165, 1.54) is 12.8 Å². The first-order chi connectivity index (χ1) is 8.77. The van der Waals surface area contributed by atoms with E-state index in [9.17, 15) is 0 Å². The van der Waals surface area contributed by atoms with Gasteiger partial charge in [0.1, 0.15) is 11.3 Å². The molecule has 2 rings (SSSR count). The van der Waals surface area contributed by atoms with E-state index in [-0.39, 0.29) is 0 Å². The molecule has 0 fully saturated rings. The Balaban J connectivity index is 2.46. The summed E-state index contributed by atoms with van der Waals surface area (Å²) >= 11 is 2.32. The fourth-order valence-corrected chi connectivity index (χ4v) is 2.53. The van der Waals surface area contributed by atoms with Crippen molar-refractivity contribution < 1.29 is 4.74 Å². The van der Waals surface area contributed by atoms with Gasteiger partial charge in [-0.05, 0) is 35.1 Å². The molecule has 0 bridgehead atoms. The number of aromatic nitrogens is 1. The Morgan fingerprint density at radius 2 is 2.22 bits per heavy atom. The van der Waals surface area contributed by atoms with Gasteiger partial charge >= 0.3 is 0 Å². The summed E-state index contributed by atoms with van der Waals surface area (Å²) in [7, 11) is 1.68. The number of methoxy groups -OCH3 is 1. The SMILES string of the molecule is CCCCNc1c(I)cnc2c(OC)cccc12. The number of halogens is 1. The minimum atomic E-state index is 0.822. The molecule has 0 amide bonds. The number of para-hydroxylation sites is 1. The Labute approximate surface area is 121 Å². The van der Waals surface area contributed by atoms with E-state index in [1.54, 1.807) is 7.11 Å². The normalized spacial score (nSPS) is 10.6. The number of hydrogen-bond acceptors (Lipinski definition) is 3. The van der Waals surface area contributed by atoms with Gasteiger partial charge in [0.2, 0.25) is 0 Å². The molecular formula is C14H17IN2O. The van der Waals surface area contributed by atoms with Gasteiger partial charge in [0.05, 0.1) is 16.4 Å². The Morgan fingerprint density at radius 3 is 2.94 bits per heavy atom. The molecule has 1 heterocycles. The number of pyridine rings is 1. The van der Waals surface area contributed by atoms with Crippen molar-refractivity contribution >= 4 is 39.2 Å². The summed E-state index contributed by atoms with van der Waals surface area (Å²) in [5.74, 6) is 0.822. The lowest BCUT2D eigenvalue weighted by Crippen LogP contribution is -2.04. The Kier molecular flexibility index (Phi) is 4.63. The molecule has 0 saturated heterocycles. The molecule has 0 unspecified atom stereocenters. The van der Waals surface area contributed by atoms with Crippen molar-refractivity contribution in [2.75, 3.05) is 19.0 Å². The van der Waals surface area contributed by atoms with Gasteiger partial charge in [-0.25, -0.2) is 0 Å². The Hall–Kier alpha value is -1.04. The van der Waals surface area contributed by atoms with E-state index >= 15 is 0 Å². The van der Waals surface area contributed by atoms with E-state index in [0.29, 0.717) is 0 Å². The van der Waals surface area contributed by atoms with Gasteiger partial charge in [0.15, 0.2) is 0 Å². The second-order valence-corrected chi connectivity index (χ2v) is 5.28. The number of ether oxygens (including phenoxy) is 1. The minimum Gasteiger partial charge on any atom is -0.494 e. The molecule has 0 aliphatic rings. The van der Waals surface area contributed by atoms with Crippen LogP contribution in [0.2, 0.25) is 0 Å². The second-order valence-electron chi connectivity index (χ2n) is 4.12. The average Bonchev–Trinajstić information content (AvgIpc) is 2.40. The number of benzene rings is 1. The summed E-state index contributed by atoms with van der Waals surface area (Å²) < 4.78 is 6.50. The van der Waals surface area contributed by atoms with Crippen LogP contribution in [-0.2, 0) is 0 Å². The van der Waals surface area contributed by atoms with Crippen LogP contribution in [0.25, 0.3) is 10.9 Å². The van der Waals surface area contributed by atoms with Crippen molar-refractivity contribution in [1.29, 1.82) is 0 Å². The zero-order valence-electron chi connectivity index (χ0n) is 10.7. The topological polar surface area (TPSA) is 34.2 Å². The van der Waals surface area contributed by atoms with Gasteiger partial charge in [-0.15, -0.1) is 0 Å². The smallest absolute Gasteiger partial charge is 0.145 e. The highest BCUT2D eigenvalue weighted by Gasteiger charge is 2.09. The van der Waals surface area contributed by atoms with Gasteiger partial charge in [-0.3, -0.25) is 4.98 Å². The molecule has 0 saturated carbocycles. The van der Waals surface area contributed by atoms with Gasteiger partial charge in [0.25, 0.3) is 0 Å². The maximum absolute atomic E-state index is 5.36. The van der Waals surface area contributed by atoms with Crippen molar-refractivity contribution in [2.45, 2.75) is 19.8 Å². The molecule has 0 atom stereocenters. The molecule has 3 nitrogen and oxygen atoms in total. The van der Waals surface area contributed by atoms with Crippen LogP contribution in [0.5, 0.6) is 5.75 Å².